The van der Waals surface area contributed by atoms with Gasteiger partial charge in [-0.2, -0.15) is 0 Å². The molecule has 1 aliphatic rings. The second kappa shape index (κ2) is 7.80. The Bertz CT molecular complexity index is 909. The van der Waals surface area contributed by atoms with Gasteiger partial charge in [-0.3, -0.25) is 0 Å². The third-order valence-electron chi connectivity index (χ3n) is 4.72. The molecule has 5 nitrogen and oxygen atoms in total. The summed E-state index contributed by atoms with van der Waals surface area (Å²) in [7, 11) is 1.63. The van der Waals surface area contributed by atoms with Crippen molar-refractivity contribution >= 4 is 23.1 Å². The van der Waals surface area contributed by atoms with Crippen LogP contribution in [-0.4, -0.2) is 29.6 Å². The number of hydrogen-bond acceptors (Lipinski definition) is 4. The molecule has 1 aliphatic heterocycles. The maximum atomic E-state index is 12.8. The van der Waals surface area contributed by atoms with Crippen LogP contribution in [0.15, 0.2) is 60.8 Å². The van der Waals surface area contributed by atoms with Gasteiger partial charge in [0.1, 0.15) is 10.8 Å². The summed E-state index contributed by atoms with van der Waals surface area (Å²) in [4.78, 5) is 20.4. The van der Waals surface area contributed by atoms with E-state index in [0.29, 0.717) is 0 Å². The predicted molar refractivity (Wildman–Crippen MR) is 108 cm³/mol. The van der Waals surface area contributed by atoms with E-state index in [0.717, 1.165) is 46.3 Å². The summed E-state index contributed by atoms with van der Waals surface area (Å²) in [6, 6.07) is 17.5. The van der Waals surface area contributed by atoms with Crippen LogP contribution >= 0.6 is 11.3 Å². The minimum atomic E-state index is -0.0841. The minimum Gasteiger partial charge on any atom is -0.497 e. The van der Waals surface area contributed by atoms with Crippen LogP contribution in [-0.2, 0) is 0 Å². The molecule has 1 saturated heterocycles. The number of nitrogens with one attached hydrogen (secondary N) is 1. The lowest BCUT2D eigenvalue weighted by molar-refractivity contribution is 0.207. The monoisotopic (exact) mass is 379 g/mol. The molecule has 0 bridgehead atoms. The van der Waals surface area contributed by atoms with E-state index in [-0.39, 0.29) is 12.1 Å². The number of likely N-dealkylation sites (tertiary alicyclic amines) is 1. The Morgan fingerprint density at radius 3 is 2.70 bits per heavy atom. The largest absolute Gasteiger partial charge is 0.497 e. The molecule has 1 atom stereocenters. The van der Waals surface area contributed by atoms with Gasteiger partial charge in [0.15, 0.2) is 0 Å². The van der Waals surface area contributed by atoms with Crippen LogP contribution in [0, 0.1) is 0 Å². The molecule has 6 heteroatoms. The highest BCUT2D eigenvalue weighted by Gasteiger charge is 2.32. The van der Waals surface area contributed by atoms with Crippen molar-refractivity contribution in [1.82, 2.24) is 9.88 Å². The van der Waals surface area contributed by atoms with E-state index in [1.165, 1.54) is 0 Å². The molecule has 0 radical (unpaired) electrons. The van der Waals surface area contributed by atoms with Gasteiger partial charge in [0.05, 0.1) is 18.0 Å². The first-order valence-corrected chi connectivity index (χ1v) is 9.79. The first-order chi connectivity index (χ1) is 13.2. The Kier molecular flexibility index (Phi) is 5.07. The van der Waals surface area contributed by atoms with E-state index in [1.54, 1.807) is 18.4 Å². The van der Waals surface area contributed by atoms with Gasteiger partial charge in [-0.05, 0) is 42.7 Å². The molecule has 2 aromatic carbocycles. The maximum Gasteiger partial charge on any atom is 0.322 e. The van der Waals surface area contributed by atoms with Gasteiger partial charge in [0.25, 0.3) is 0 Å². The lowest BCUT2D eigenvalue weighted by atomic mass is 10.2. The molecular weight excluding hydrogens is 358 g/mol. The molecular formula is C21H21N3O2S. The summed E-state index contributed by atoms with van der Waals surface area (Å²) < 4.78 is 5.16. The molecule has 0 saturated carbocycles. The number of nitrogens with zero attached hydrogens (tertiary/aromatic N) is 2. The van der Waals surface area contributed by atoms with Crippen molar-refractivity contribution in [1.29, 1.82) is 0 Å². The first kappa shape index (κ1) is 17.5. The number of aromatic nitrogens is 1. The van der Waals surface area contributed by atoms with E-state index in [4.69, 9.17) is 4.74 Å². The standard InChI is InChI=1S/C21H21N3O2S/c1-26-17-11-9-16(10-12-17)23-21(25)24-13-5-8-18(24)20-22-14-19(27-20)15-6-3-2-4-7-15/h2-4,6-7,9-12,14,18H,5,8,13H2,1H3,(H,23,25)/t18-/m0/s1. The third-order valence-corrected chi connectivity index (χ3v) is 5.87. The number of hydrogen-bond donors (Lipinski definition) is 1. The minimum absolute atomic E-state index is 0.0331. The number of methoxy groups -OCH3 is 1. The predicted octanol–water partition coefficient (Wildman–Crippen LogP) is 5.19. The number of ether oxygens (including phenoxy) is 1. The third kappa shape index (κ3) is 3.80. The maximum absolute atomic E-state index is 12.8. The van der Waals surface area contributed by atoms with Crippen molar-refractivity contribution in [3.8, 4) is 16.2 Å². The SMILES string of the molecule is COc1ccc(NC(=O)N2CCC[C@H]2c2ncc(-c3ccccc3)s2)cc1. The Hall–Kier alpha value is -2.86. The number of amides is 2. The number of anilines is 1. The molecule has 0 unspecified atom stereocenters. The van der Waals surface area contributed by atoms with Crippen LogP contribution in [0.25, 0.3) is 10.4 Å². The van der Waals surface area contributed by atoms with Gasteiger partial charge < -0.3 is 15.0 Å². The molecule has 27 heavy (non-hydrogen) atoms. The highest BCUT2D eigenvalue weighted by Crippen LogP contribution is 2.37. The summed E-state index contributed by atoms with van der Waals surface area (Å²) in [5.74, 6) is 0.767. The van der Waals surface area contributed by atoms with Crippen LogP contribution in [0.3, 0.4) is 0 Å². The molecule has 4 rings (SSSR count). The quantitative estimate of drug-likeness (QED) is 0.679. The van der Waals surface area contributed by atoms with Crippen molar-refractivity contribution in [2.45, 2.75) is 18.9 Å². The fourth-order valence-electron chi connectivity index (χ4n) is 3.31. The summed E-state index contributed by atoms with van der Waals surface area (Å²) in [5.41, 5.74) is 1.92. The highest BCUT2D eigenvalue weighted by molar-refractivity contribution is 7.15. The smallest absolute Gasteiger partial charge is 0.322 e. The zero-order valence-corrected chi connectivity index (χ0v) is 15.9. The van der Waals surface area contributed by atoms with Gasteiger partial charge in [-0.15, -0.1) is 11.3 Å². The first-order valence-electron chi connectivity index (χ1n) is 8.97. The lowest BCUT2D eigenvalue weighted by Gasteiger charge is -2.23. The fraction of sp³-hybridized carbons (Fsp3) is 0.238. The van der Waals surface area contributed by atoms with Crippen LogP contribution in [0.4, 0.5) is 10.5 Å². The molecule has 1 N–H and O–H groups in total. The normalized spacial score (nSPS) is 16.3. The molecule has 0 spiro atoms. The summed E-state index contributed by atoms with van der Waals surface area (Å²) in [6.07, 6.45) is 3.84. The average Bonchev–Trinajstić information content (AvgIpc) is 3.38. The summed E-state index contributed by atoms with van der Waals surface area (Å²) >= 11 is 1.67. The van der Waals surface area contributed by atoms with Gasteiger partial charge >= 0.3 is 6.03 Å². The van der Waals surface area contributed by atoms with Crippen LogP contribution in [0.1, 0.15) is 23.9 Å². The second-order valence-electron chi connectivity index (χ2n) is 6.44. The van der Waals surface area contributed by atoms with E-state index in [2.05, 4.69) is 22.4 Å². The molecule has 1 fully saturated rings. The number of carbonyl (C=O) groups excluding carboxylic acids is 1. The number of urea groups is 1. The van der Waals surface area contributed by atoms with E-state index in [9.17, 15) is 4.79 Å². The molecule has 1 aromatic heterocycles. The Morgan fingerprint density at radius 2 is 1.96 bits per heavy atom. The van der Waals surface area contributed by atoms with Gasteiger partial charge in [-0.1, -0.05) is 30.3 Å². The van der Waals surface area contributed by atoms with Crippen molar-refractivity contribution in [3.05, 3.63) is 65.8 Å². The summed E-state index contributed by atoms with van der Waals surface area (Å²) in [6.45, 7) is 0.743. The second-order valence-corrected chi connectivity index (χ2v) is 7.50. The van der Waals surface area contributed by atoms with E-state index < -0.39 is 0 Å². The number of carbonyl (C=O) groups is 1. The summed E-state index contributed by atoms with van der Waals surface area (Å²) in [5, 5.41) is 3.98. The van der Waals surface area contributed by atoms with Gasteiger partial charge in [-0.25, -0.2) is 9.78 Å². The zero-order chi connectivity index (χ0) is 18.6. The molecule has 2 heterocycles. The van der Waals surface area contributed by atoms with Crippen molar-refractivity contribution in [2.24, 2.45) is 0 Å². The number of rotatable bonds is 4. The Labute approximate surface area is 162 Å². The van der Waals surface area contributed by atoms with Crippen molar-refractivity contribution in [2.75, 3.05) is 19.0 Å². The molecule has 138 valence electrons. The molecule has 2 amide bonds. The van der Waals surface area contributed by atoms with E-state index >= 15 is 0 Å². The molecule has 0 aliphatic carbocycles. The fourth-order valence-corrected chi connectivity index (χ4v) is 4.38. The van der Waals surface area contributed by atoms with E-state index in [1.807, 2.05) is 53.6 Å². The van der Waals surface area contributed by atoms with Crippen molar-refractivity contribution in [3.63, 3.8) is 0 Å². The zero-order valence-electron chi connectivity index (χ0n) is 15.1. The van der Waals surface area contributed by atoms with Crippen molar-refractivity contribution < 1.29 is 9.53 Å². The number of benzene rings is 2. The average molecular weight is 379 g/mol. The van der Waals surface area contributed by atoms with Gasteiger partial charge in [0.2, 0.25) is 0 Å². The van der Waals surface area contributed by atoms with Crippen LogP contribution < -0.4 is 10.1 Å². The lowest BCUT2D eigenvalue weighted by Crippen LogP contribution is -2.34. The van der Waals surface area contributed by atoms with Crippen LogP contribution in [0.2, 0.25) is 0 Å². The Morgan fingerprint density at radius 1 is 1.19 bits per heavy atom. The number of thiazole rings is 1. The van der Waals surface area contributed by atoms with Crippen LogP contribution in [0.5, 0.6) is 5.75 Å². The topological polar surface area (TPSA) is 54.5 Å². The molecule has 3 aromatic rings. The van der Waals surface area contributed by atoms with Gasteiger partial charge in [0, 0.05) is 18.4 Å². The Balaban J connectivity index is 1.48. The highest BCUT2D eigenvalue weighted by atomic mass is 32.1.